The lowest BCUT2D eigenvalue weighted by Crippen LogP contribution is -2.30. The van der Waals surface area contributed by atoms with Crippen molar-refractivity contribution in [3.05, 3.63) is 0 Å². The van der Waals surface area contributed by atoms with E-state index in [-0.39, 0.29) is 25.7 Å². The number of phosphoric ester groups is 2. The van der Waals surface area contributed by atoms with E-state index in [1.807, 2.05) is 0 Å². The molecule has 19 heteroatoms. The first-order valence-electron chi connectivity index (χ1n) is 40.3. The Morgan fingerprint density at radius 3 is 0.732 bits per heavy atom. The molecule has 0 aliphatic rings. The molecule has 0 bridgehead atoms. The molecule has 0 amide bonds. The van der Waals surface area contributed by atoms with E-state index in [0.29, 0.717) is 31.6 Å². The van der Waals surface area contributed by atoms with Crippen molar-refractivity contribution in [2.75, 3.05) is 39.6 Å². The first-order chi connectivity index (χ1) is 46.7. The molecule has 0 rings (SSSR count). The maximum atomic E-state index is 13.1. The fourth-order valence-corrected chi connectivity index (χ4v) is 13.4. The van der Waals surface area contributed by atoms with Gasteiger partial charge in [0.1, 0.15) is 19.3 Å². The summed E-state index contributed by atoms with van der Waals surface area (Å²) in [7, 11) is -9.92. The van der Waals surface area contributed by atoms with E-state index in [2.05, 4.69) is 55.4 Å². The highest BCUT2D eigenvalue weighted by Crippen LogP contribution is 2.45. The average molecular weight is 1420 g/mol. The standard InChI is InChI=1S/C78H152O17P2/c1-9-70(7)56-48-40-32-24-20-16-12-14-18-22-26-36-45-53-61-78(83)95-74(65-89-76(81)59-51-43-37-29-31-39-47-55-69(5)6)67-93-97(86,87)91-63-72(79)62-90-96(84,85)92-66-73(64-88-75(80)58-50-42-34-28-27-33-41-49-57-71(8)10-2)94-77(82)60-52-44-35-25-21-17-13-11-15-19-23-30-38-46-54-68(3)4/h68-74,79H,9-67H2,1-8H3,(H,84,85)(H,86,87)/t70?,71?,72?,73-,74-/m1/s1. The van der Waals surface area contributed by atoms with Crippen LogP contribution < -0.4 is 0 Å². The molecule has 5 unspecified atom stereocenters. The number of unbranched alkanes of at least 4 members (excludes halogenated alkanes) is 39. The van der Waals surface area contributed by atoms with Crippen molar-refractivity contribution in [3.63, 3.8) is 0 Å². The topological polar surface area (TPSA) is 237 Å². The monoisotopic (exact) mass is 1420 g/mol. The van der Waals surface area contributed by atoms with Crippen LogP contribution in [0, 0.1) is 23.7 Å². The van der Waals surface area contributed by atoms with Crippen LogP contribution in [0.15, 0.2) is 0 Å². The fourth-order valence-electron chi connectivity index (χ4n) is 11.8. The molecule has 0 fully saturated rings. The van der Waals surface area contributed by atoms with Gasteiger partial charge in [-0.1, -0.05) is 344 Å². The zero-order valence-corrected chi connectivity index (χ0v) is 65.5. The summed E-state index contributed by atoms with van der Waals surface area (Å²) in [5, 5.41) is 10.6. The highest BCUT2D eigenvalue weighted by molar-refractivity contribution is 7.47. The average Bonchev–Trinajstić information content (AvgIpc) is 0.965. The maximum absolute atomic E-state index is 13.1. The maximum Gasteiger partial charge on any atom is 0.472 e. The van der Waals surface area contributed by atoms with Crippen LogP contribution in [0.2, 0.25) is 0 Å². The summed E-state index contributed by atoms with van der Waals surface area (Å²) in [6.07, 6.45) is 52.7. The van der Waals surface area contributed by atoms with Gasteiger partial charge in [-0.3, -0.25) is 37.3 Å². The minimum atomic E-state index is -4.96. The van der Waals surface area contributed by atoms with E-state index in [1.54, 1.807) is 0 Å². The predicted molar refractivity (Wildman–Crippen MR) is 395 cm³/mol. The molecule has 0 spiro atoms. The van der Waals surface area contributed by atoms with Crippen LogP contribution in [0.3, 0.4) is 0 Å². The van der Waals surface area contributed by atoms with Crippen LogP contribution in [-0.2, 0) is 65.4 Å². The second kappa shape index (κ2) is 67.2. The highest BCUT2D eigenvalue weighted by atomic mass is 31.2. The van der Waals surface area contributed by atoms with Gasteiger partial charge in [-0.15, -0.1) is 0 Å². The van der Waals surface area contributed by atoms with Crippen molar-refractivity contribution in [1.82, 2.24) is 0 Å². The summed E-state index contributed by atoms with van der Waals surface area (Å²) < 4.78 is 68.6. The van der Waals surface area contributed by atoms with Crippen LogP contribution >= 0.6 is 15.6 Å². The summed E-state index contributed by atoms with van der Waals surface area (Å²) in [6, 6.07) is 0. The summed E-state index contributed by atoms with van der Waals surface area (Å²) >= 11 is 0. The molecular formula is C78H152O17P2. The van der Waals surface area contributed by atoms with Crippen LogP contribution in [0.25, 0.3) is 0 Å². The summed E-state index contributed by atoms with van der Waals surface area (Å²) in [5.41, 5.74) is 0. The SMILES string of the molecule is CCC(C)CCCCCCCCCCCCCCCCC(=O)O[C@H](COC(=O)CCCCCCCCCC(C)C)COP(=O)(O)OCC(O)COP(=O)(O)OC[C@@H](COC(=O)CCCCCCCCCCC(C)CC)OC(=O)CCCCCCCCCCCCCCCCC(C)C. The molecule has 0 aliphatic heterocycles. The number of hydrogen-bond donors (Lipinski definition) is 3. The molecule has 0 aromatic carbocycles. The number of carbonyl (C=O) groups excluding carboxylic acids is 4. The van der Waals surface area contributed by atoms with Crippen LogP contribution in [0.1, 0.15) is 396 Å². The number of rotatable bonds is 75. The van der Waals surface area contributed by atoms with Crippen LogP contribution in [-0.4, -0.2) is 96.7 Å². The van der Waals surface area contributed by atoms with Gasteiger partial charge in [-0.25, -0.2) is 9.13 Å². The number of phosphoric acid groups is 2. The summed E-state index contributed by atoms with van der Waals surface area (Å²) in [4.78, 5) is 72.9. The number of ether oxygens (including phenoxy) is 4. The molecule has 0 saturated carbocycles. The van der Waals surface area contributed by atoms with E-state index >= 15 is 0 Å². The lowest BCUT2D eigenvalue weighted by Gasteiger charge is -2.21. The smallest absolute Gasteiger partial charge is 0.462 e. The highest BCUT2D eigenvalue weighted by Gasteiger charge is 2.30. The molecule has 0 radical (unpaired) electrons. The van der Waals surface area contributed by atoms with Gasteiger partial charge >= 0.3 is 39.5 Å². The van der Waals surface area contributed by atoms with E-state index in [9.17, 15) is 43.2 Å². The van der Waals surface area contributed by atoms with Crippen LogP contribution in [0.4, 0.5) is 0 Å². The first-order valence-corrected chi connectivity index (χ1v) is 43.3. The molecule has 7 atom stereocenters. The number of aliphatic hydroxyl groups is 1. The first kappa shape index (κ1) is 95.1. The van der Waals surface area contributed by atoms with Gasteiger partial charge in [-0.2, -0.15) is 0 Å². The van der Waals surface area contributed by atoms with Gasteiger partial charge in [0.2, 0.25) is 0 Å². The zero-order valence-electron chi connectivity index (χ0n) is 63.7. The lowest BCUT2D eigenvalue weighted by molar-refractivity contribution is -0.161. The van der Waals surface area contributed by atoms with E-state index < -0.39 is 97.5 Å². The molecule has 0 aliphatic carbocycles. The Hall–Kier alpha value is -1.94. The lowest BCUT2D eigenvalue weighted by atomic mass is 9.99. The van der Waals surface area contributed by atoms with Gasteiger partial charge in [-0.05, 0) is 49.4 Å². The Labute approximate surface area is 594 Å². The molecule has 0 aromatic rings. The molecule has 0 saturated heterocycles. The fraction of sp³-hybridized carbons (Fsp3) is 0.949. The number of esters is 4. The van der Waals surface area contributed by atoms with Gasteiger partial charge in [0.25, 0.3) is 0 Å². The zero-order chi connectivity index (χ0) is 71.7. The normalized spacial score (nSPS) is 14.6. The Bertz CT molecular complexity index is 1910. The minimum Gasteiger partial charge on any atom is -0.462 e. The van der Waals surface area contributed by atoms with Crippen molar-refractivity contribution in [2.45, 2.75) is 414 Å². The van der Waals surface area contributed by atoms with Crippen molar-refractivity contribution in [2.24, 2.45) is 23.7 Å². The molecule has 17 nitrogen and oxygen atoms in total. The molecular weight excluding hydrogens is 1270 g/mol. The third kappa shape index (κ3) is 69.5. The van der Waals surface area contributed by atoms with E-state index in [4.69, 9.17) is 37.0 Å². The van der Waals surface area contributed by atoms with Crippen molar-refractivity contribution in [3.8, 4) is 0 Å². The quantitative estimate of drug-likeness (QED) is 0.0222. The molecule has 3 N–H and O–H groups in total. The largest absolute Gasteiger partial charge is 0.472 e. The second-order valence-corrected chi connectivity index (χ2v) is 32.4. The van der Waals surface area contributed by atoms with Gasteiger partial charge in [0, 0.05) is 25.7 Å². The number of aliphatic hydroxyl groups excluding tert-OH is 1. The van der Waals surface area contributed by atoms with E-state index in [0.717, 1.165) is 114 Å². The Morgan fingerprint density at radius 2 is 0.495 bits per heavy atom. The minimum absolute atomic E-state index is 0.106. The Balaban J connectivity index is 5.24. The Kier molecular flexibility index (Phi) is 65.9. The van der Waals surface area contributed by atoms with Gasteiger partial charge < -0.3 is 33.8 Å². The van der Waals surface area contributed by atoms with Gasteiger partial charge in [0.05, 0.1) is 26.4 Å². The molecule has 0 heterocycles. The van der Waals surface area contributed by atoms with Crippen molar-refractivity contribution >= 4 is 39.5 Å². The molecule has 576 valence electrons. The van der Waals surface area contributed by atoms with Crippen molar-refractivity contribution < 1.29 is 80.2 Å². The summed E-state index contributed by atoms with van der Waals surface area (Å²) in [5.74, 6) is 1.00. The third-order valence-corrected chi connectivity index (χ3v) is 20.7. The predicted octanol–water partition coefficient (Wildman–Crippen LogP) is 22.8. The van der Waals surface area contributed by atoms with E-state index in [1.165, 1.54) is 193 Å². The number of hydrogen-bond acceptors (Lipinski definition) is 15. The second-order valence-electron chi connectivity index (χ2n) is 29.5. The molecule has 97 heavy (non-hydrogen) atoms. The van der Waals surface area contributed by atoms with Gasteiger partial charge in [0.15, 0.2) is 12.2 Å². The van der Waals surface area contributed by atoms with Crippen molar-refractivity contribution in [1.29, 1.82) is 0 Å². The molecule has 0 aromatic heterocycles. The van der Waals surface area contributed by atoms with Crippen LogP contribution in [0.5, 0.6) is 0 Å². The summed E-state index contributed by atoms with van der Waals surface area (Å²) in [6.45, 7) is 14.2. The third-order valence-electron chi connectivity index (χ3n) is 18.8. The Morgan fingerprint density at radius 1 is 0.289 bits per heavy atom. The number of carbonyl (C=O) groups is 4.